The minimum absolute atomic E-state index is 0.0298. The molecule has 0 aromatic rings. The summed E-state index contributed by atoms with van der Waals surface area (Å²) in [5, 5.41) is 5.30. The molecular formula is C11H23N3O2. The van der Waals surface area contributed by atoms with Gasteiger partial charge in [-0.1, -0.05) is 20.8 Å². The molecule has 1 atom stereocenters. The zero-order chi connectivity index (χ0) is 12.6. The van der Waals surface area contributed by atoms with E-state index in [-0.39, 0.29) is 24.3 Å². The first kappa shape index (κ1) is 14.9. The van der Waals surface area contributed by atoms with E-state index in [0.29, 0.717) is 25.4 Å². The van der Waals surface area contributed by atoms with Crippen LogP contribution >= 0.6 is 0 Å². The third-order valence-corrected chi connectivity index (χ3v) is 2.28. The van der Waals surface area contributed by atoms with E-state index in [4.69, 9.17) is 5.73 Å². The zero-order valence-corrected chi connectivity index (χ0v) is 10.4. The monoisotopic (exact) mass is 229 g/mol. The molecule has 16 heavy (non-hydrogen) atoms. The standard InChI is InChI=1S/C11H23N3O2/c1-4-9(5-12)11(16)14-7-10(15)13-6-8(2)3/h8-9H,4-7,12H2,1-3H3,(H,13,15)(H,14,16). The molecule has 0 heterocycles. The van der Waals surface area contributed by atoms with Gasteiger partial charge in [0.25, 0.3) is 0 Å². The second-order valence-corrected chi connectivity index (χ2v) is 4.26. The topological polar surface area (TPSA) is 84.2 Å². The third-order valence-electron chi connectivity index (χ3n) is 2.28. The first-order valence-electron chi connectivity index (χ1n) is 5.75. The number of nitrogens with two attached hydrogens (primary N) is 1. The maximum atomic E-state index is 11.5. The van der Waals surface area contributed by atoms with Gasteiger partial charge in [0.1, 0.15) is 0 Å². The largest absolute Gasteiger partial charge is 0.354 e. The Labute approximate surface area is 97.2 Å². The van der Waals surface area contributed by atoms with Gasteiger partial charge >= 0.3 is 0 Å². The first-order chi connectivity index (χ1) is 7.51. The van der Waals surface area contributed by atoms with E-state index in [1.54, 1.807) is 0 Å². The van der Waals surface area contributed by atoms with Crippen LogP contribution in [0.1, 0.15) is 27.2 Å². The molecule has 0 radical (unpaired) electrons. The zero-order valence-electron chi connectivity index (χ0n) is 10.4. The van der Waals surface area contributed by atoms with Gasteiger partial charge in [-0.05, 0) is 12.3 Å². The van der Waals surface area contributed by atoms with E-state index >= 15 is 0 Å². The summed E-state index contributed by atoms with van der Waals surface area (Å²) in [5.41, 5.74) is 5.43. The summed E-state index contributed by atoms with van der Waals surface area (Å²) in [6, 6.07) is 0. The summed E-state index contributed by atoms with van der Waals surface area (Å²) < 4.78 is 0. The van der Waals surface area contributed by atoms with Crippen LogP contribution in [-0.2, 0) is 9.59 Å². The molecular weight excluding hydrogens is 206 g/mol. The Hall–Kier alpha value is -1.10. The van der Waals surface area contributed by atoms with E-state index in [1.165, 1.54) is 0 Å². The van der Waals surface area contributed by atoms with Gasteiger partial charge < -0.3 is 16.4 Å². The lowest BCUT2D eigenvalue weighted by Crippen LogP contribution is -2.42. The van der Waals surface area contributed by atoms with E-state index in [9.17, 15) is 9.59 Å². The lowest BCUT2D eigenvalue weighted by atomic mass is 10.1. The molecule has 0 spiro atoms. The number of amides is 2. The fourth-order valence-corrected chi connectivity index (χ4v) is 1.15. The highest BCUT2D eigenvalue weighted by atomic mass is 16.2. The Balaban J connectivity index is 3.78. The molecule has 0 aliphatic rings. The summed E-state index contributed by atoms with van der Waals surface area (Å²) in [6.07, 6.45) is 0.690. The van der Waals surface area contributed by atoms with Crippen molar-refractivity contribution < 1.29 is 9.59 Å². The average Bonchev–Trinajstić information content (AvgIpc) is 2.25. The Bertz CT molecular complexity index is 225. The van der Waals surface area contributed by atoms with Gasteiger partial charge in [0.05, 0.1) is 6.54 Å². The summed E-state index contributed by atoms with van der Waals surface area (Å²) in [7, 11) is 0. The fourth-order valence-electron chi connectivity index (χ4n) is 1.15. The van der Waals surface area contributed by atoms with Crippen LogP contribution in [0.3, 0.4) is 0 Å². The predicted octanol–water partition coefficient (Wildman–Crippen LogP) is -0.140. The Morgan fingerprint density at radius 3 is 2.31 bits per heavy atom. The Morgan fingerprint density at radius 1 is 1.25 bits per heavy atom. The number of nitrogens with one attached hydrogen (secondary N) is 2. The van der Waals surface area contributed by atoms with Crippen molar-refractivity contribution in [3.8, 4) is 0 Å². The van der Waals surface area contributed by atoms with Crippen LogP contribution < -0.4 is 16.4 Å². The number of hydrogen-bond donors (Lipinski definition) is 3. The van der Waals surface area contributed by atoms with E-state index in [0.717, 1.165) is 0 Å². The summed E-state index contributed by atoms with van der Waals surface area (Å²) in [5.74, 6) is -0.0939. The molecule has 1 unspecified atom stereocenters. The number of hydrogen-bond acceptors (Lipinski definition) is 3. The van der Waals surface area contributed by atoms with Crippen molar-refractivity contribution in [1.29, 1.82) is 0 Å². The maximum Gasteiger partial charge on any atom is 0.239 e. The molecule has 0 saturated heterocycles. The van der Waals surface area contributed by atoms with Gasteiger partial charge in [0.2, 0.25) is 11.8 Å². The molecule has 5 heteroatoms. The smallest absolute Gasteiger partial charge is 0.239 e. The number of carbonyl (C=O) groups excluding carboxylic acids is 2. The van der Waals surface area contributed by atoms with E-state index in [1.807, 2.05) is 20.8 Å². The fraction of sp³-hybridized carbons (Fsp3) is 0.818. The van der Waals surface area contributed by atoms with Crippen LogP contribution in [0.25, 0.3) is 0 Å². The molecule has 0 aliphatic heterocycles. The summed E-state index contributed by atoms with van der Waals surface area (Å²) in [6.45, 7) is 6.90. The van der Waals surface area contributed by atoms with E-state index < -0.39 is 0 Å². The summed E-state index contributed by atoms with van der Waals surface area (Å²) >= 11 is 0. The van der Waals surface area contributed by atoms with E-state index in [2.05, 4.69) is 10.6 Å². The van der Waals surface area contributed by atoms with Crippen LogP contribution in [0.5, 0.6) is 0 Å². The van der Waals surface area contributed by atoms with Crippen molar-refractivity contribution >= 4 is 11.8 Å². The second-order valence-electron chi connectivity index (χ2n) is 4.26. The second kappa shape index (κ2) is 8.10. The lowest BCUT2D eigenvalue weighted by molar-refractivity contribution is -0.128. The predicted molar refractivity (Wildman–Crippen MR) is 63.7 cm³/mol. The highest BCUT2D eigenvalue weighted by Crippen LogP contribution is 1.98. The lowest BCUT2D eigenvalue weighted by Gasteiger charge is -2.13. The Morgan fingerprint density at radius 2 is 1.88 bits per heavy atom. The molecule has 0 rings (SSSR count). The molecule has 0 aliphatic carbocycles. The van der Waals surface area contributed by atoms with Gasteiger partial charge in [-0.3, -0.25) is 9.59 Å². The van der Waals surface area contributed by atoms with Crippen LogP contribution in [0.15, 0.2) is 0 Å². The quantitative estimate of drug-likeness (QED) is 0.568. The molecule has 0 aromatic heterocycles. The van der Waals surface area contributed by atoms with Crippen LogP contribution in [0.4, 0.5) is 0 Å². The maximum absolute atomic E-state index is 11.5. The first-order valence-corrected chi connectivity index (χ1v) is 5.75. The van der Waals surface area contributed by atoms with Crippen molar-refractivity contribution in [3.05, 3.63) is 0 Å². The van der Waals surface area contributed by atoms with Gasteiger partial charge in [0, 0.05) is 19.0 Å². The van der Waals surface area contributed by atoms with Crippen molar-refractivity contribution in [1.82, 2.24) is 10.6 Å². The summed E-state index contributed by atoms with van der Waals surface area (Å²) in [4.78, 5) is 22.8. The van der Waals surface area contributed by atoms with Gasteiger partial charge in [-0.15, -0.1) is 0 Å². The van der Waals surface area contributed by atoms with Crippen molar-refractivity contribution in [2.24, 2.45) is 17.6 Å². The van der Waals surface area contributed by atoms with Crippen molar-refractivity contribution in [2.45, 2.75) is 27.2 Å². The van der Waals surface area contributed by atoms with Crippen molar-refractivity contribution in [2.75, 3.05) is 19.6 Å². The molecule has 0 aromatic carbocycles. The average molecular weight is 229 g/mol. The molecule has 94 valence electrons. The highest BCUT2D eigenvalue weighted by Gasteiger charge is 2.14. The molecule has 2 amide bonds. The minimum Gasteiger partial charge on any atom is -0.354 e. The van der Waals surface area contributed by atoms with Crippen molar-refractivity contribution in [3.63, 3.8) is 0 Å². The molecule has 4 N–H and O–H groups in total. The van der Waals surface area contributed by atoms with Crippen LogP contribution in [-0.4, -0.2) is 31.4 Å². The normalized spacial score (nSPS) is 12.3. The Kier molecular flexibility index (Phi) is 7.54. The molecule has 0 bridgehead atoms. The molecule has 0 saturated carbocycles. The highest BCUT2D eigenvalue weighted by molar-refractivity contribution is 5.85. The number of rotatable bonds is 7. The number of carbonyl (C=O) groups is 2. The molecule has 0 fully saturated rings. The molecule has 5 nitrogen and oxygen atoms in total. The third kappa shape index (κ3) is 6.40. The minimum atomic E-state index is -0.196. The van der Waals surface area contributed by atoms with Crippen LogP contribution in [0.2, 0.25) is 0 Å². The van der Waals surface area contributed by atoms with Gasteiger partial charge in [-0.25, -0.2) is 0 Å². The SMILES string of the molecule is CCC(CN)C(=O)NCC(=O)NCC(C)C. The van der Waals surface area contributed by atoms with Gasteiger partial charge in [0.15, 0.2) is 0 Å². The van der Waals surface area contributed by atoms with Gasteiger partial charge in [-0.2, -0.15) is 0 Å². The van der Waals surface area contributed by atoms with Crippen LogP contribution in [0, 0.1) is 11.8 Å².